The summed E-state index contributed by atoms with van der Waals surface area (Å²) in [5.74, 6) is 0.260. The lowest BCUT2D eigenvalue weighted by molar-refractivity contribution is -0.122. The number of carbonyl (C=O) groups is 1. The molecular weight excluding hydrogens is 338 g/mol. The van der Waals surface area contributed by atoms with Gasteiger partial charge in [0.2, 0.25) is 0 Å². The van der Waals surface area contributed by atoms with Gasteiger partial charge in [-0.2, -0.15) is 0 Å². The SMILES string of the molecule is CCCCCCS(=O)(=O)Cc1ccc(CC(=O)C2NCC[C@@H]2O)cc1. The molecule has 1 aromatic rings. The third kappa shape index (κ3) is 6.53. The lowest BCUT2D eigenvalue weighted by Gasteiger charge is -2.13. The molecule has 5 nitrogen and oxygen atoms in total. The van der Waals surface area contributed by atoms with Crippen molar-refractivity contribution >= 4 is 15.6 Å². The maximum absolute atomic E-state index is 12.2. The van der Waals surface area contributed by atoms with Crippen LogP contribution < -0.4 is 5.32 Å². The van der Waals surface area contributed by atoms with Crippen LogP contribution in [0.3, 0.4) is 0 Å². The molecule has 0 amide bonds. The Morgan fingerprint density at radius 3 is 2.44 bits per heavy atom. The Labute approximate surface area is 150 Å². The number of sulfone groups is 1. The Kier molecular flexibility index (Phi) is 7.59. The standard InChI is InChI=1S/C19H29NO4S/c1-2-3-4-5-12-25(23,24)14-16-8-6-15(7-9-16)13-18(22)19-17(21)10-11-20-19/h6-9,17,19-21H,2-5,10-14H2,1H3/t17-,19?/m0/s1. The van der Waals surface area contributed by atoms with E-state index in [0.717, 1.165) is 36.8 Å². The van der Waals surface area contributed by atoms with Gasteiger partial charge in [-0.25, -0.2) is 8.42 Å². The van der Waals surface area contributed by atoms with Crippen LogP contribution in [0.1, 0.15) is 50.2 Å². The summed E-state index contributed by atoms with van der Waals surface area (Å²) in [6.07, 6.45) is 4.09. The molecule has 0 radical (unpaired) electrons. The largest absolute Gasteiger partial charge is 0.391 e. The lowest BCUT2D eigenvalue weighted by Crippen LogP contribution is -2.39. The number of Topliss-reactive ketones (excluding diaryl/α,β-unsaturated/α-hetero) is 1. The fourth-order valence-electron chi connectivity index (χ4n) is 3.16. The zero-order chi connectivity index (χ0) is 18.3. The van der Waals surface area contributed by atoms with E-state index in [1.165, 1.54) is 0 Å². The van der Waals surface area contributed by atoms with Crippen LogP contribution in [0, 0.1) is 0 Å². The monoisotopic (exact) mass is 367 g/mol. The molecule has 2 atom stereocenters. The Balaban J connectivity index is 1.85. The van der Waals surface area contributed by atoms with Crippen LogP contribution in [0.25, 0.3) is 0 Å². The molecule has 2 rings (SSSR count). The molecule has 0 saturated carbocycles. The quantitative estimate of drug-likeness (QED) is 0.618. The number of hydrogen-bond acceptors (Lipinski definition) is 5. The number of aliphatic hydroxyl groups is 1. The minimum Gasteiger partial charge on any atom is -0.391 e. The summed E-state index contributed by atoms with van der Waals surface area (Å²) in [4.78, 5) is 12.2. The zero-order valence-corrected chi connectivity index (χ0v) is 15.7. The number of ketones is 1. The normalized spacial score (nSPS) is 20.7. The Morgan fingerprint density at radius 1 is 1.16 bits per heavy atom. The van der Waals surface area contributed by atoms with Gasteiger partial charge in [0.15, 0.2) is 15.6 Å². The molecule has 1 saturated heterocycles. The summed E-state index contributed by atoms with van der Waals surface area (Å²) in [6, 6.07) is 6.70. The van der Waals surface area contributed by atoms with Crippen LogP contribution >= 0.6 is 0 Å². The van der Waals surface area contributed by atoms with Gasteiger partial charge in [-0.15, -0.1) is 0 Å². The molecule has 1 aliphatic rings. The minimum absolute atomic E-state index is 0.0266. The van der Waals surface area contributed by atoms with E-state index in [1.807, 2.05) is 0 Å². The maximum Gasteiger partial charge on any atom is 0.156 e. The smallest absolute Gasteiger partial charge is 0.156 e. The third-order valence-corrected chi connectivity index (χ3v) is 6.32. The zero-order valence-electron chi connectivity index (χ0n) is 14.9. The highest BCUT2D eigenvalue weighted by atomic mass is 32.2. The minimum atomic E-state index is -3.08. The van der Waals surface area contributed by atoms with E-state index in [-0.39, 0.29) is 23.7 Å². The molecule has 1 aromatic carbocycles. The fourth-order valence-corrected chi connectivity index (χ4v) is 4.65. The summed E-state index contributed by atoms with van der Waals surface area (Å²) >= 11 is 0. The van der Waals surface area contributed by atoms with E-state index >= 15 is 0 Å². The Morgan fingerprint density at radius 2 is 1.84 bits per heavy atom. The average molecular weight is 368 g/mol. The molecule has 0 spiro atoms. The number of nitrogens with one attached hydrogen (secondary N) is 1. The first-order chi connectivity index (χ1) is 11.9. The van der Waals surface area contributed by atoms with Crippen molar-refractivity contribution in [1.82, 2.24) is 5.32 Å². The number of carbonyl (C=O) groups excluding carboxylic acids is 1. The van der Waals surface area contributed by atoms with Gasteiger partial charge < -0.3 is 10.4 Å². The van der Waals surface area contributed by atoms with Gasteiger partial charge in [-0.3, -0.25) is 4.79 Å². The van der Waals surface area contributed by atoms with Crippen molar-refractivity contribution < 1.29 is 18.3 Å². The van der Waals surface area contributed by atoms with Gasteiger partial charge in [0.05, 0.1) is 23.7 Å². The summed E-state index contributed by atoms with van der Waals surface area (Å²) in [7, 11) is -3.08. The topological polar surface area (TPSA) is 83.5 Å². The summed E-state index contributed by atoms with van der Waals surface area (Å²) in [5.41, 5.74) is 1.60. The van der Waals surface area contributed by atoms with Crippen molar-refractivity contribution in [3.63, 3.8) is 0 Å². The molecule has 1 fully saturated rings. The van der Waals surface area contributed by atoms with Crippen molar-refractivity contribution in [2.75, 3.05) is 12.3 Å². The van der Waals surface area contributed by atoms with E-state index in [4.69, 9.17) is 0 Å². The van der Waals surface area contributed by atoms with Crippen LogP contribution in [-0.2, 0) is 26.8 Å². The molecule has 1 unspecified atom stereocenters. The van der Waals surface area contributed by atoms with Crippen molar-refractivity contribution in [2.45, 2.75) is 63.3 Å². The summed E-state index contributed by atoms with van der Waals surface area (Å²) in [5, 5.41) is 12.8. The summed E-state index contributed by atoms with van der Waals surface area (Å²) in [6.45, 7) is 2.76. The van der Waals surface area contributed by atoms with Crippen molar-refractivity contribution in [2.24, 2.45) is 0 Å². The van der Waals surface area contributed by atoms with Gasteiger partial charge >= 0.3 is 0 Å². The van der Waals surface area contributed by atoms with E-state index in [2.05, 4.69) is 12.2 Å². The van der Waals surface area contributed by atoms with Gasteiger partial charge in [0, 0.05) is 6.42 Å². The van der Waals surface area contributed by atoms with Crippen LogP contribution in [0.5, 0.6) is 0 Å². The van der Waals surface area contributed by atoms with Crippen LogP contribution in [-0.4, -0.2) is 43.8 Å². The number of benzene rings is 1. The van der Waals surface area contributed by atoms with E-state index in [9.17, 15) is 18.3 Å². The molecular formula is C19H29NO4S. The van der Waals surface area contributed by atoms with Gasteiger partial charge in [-0.05, 0) is 30.5 Å². The van der Waals surface area contributed by atoms with Crippen molar-refractivity contribution in [1.29, 1.82) is 0 Å². The molecule has 0 aromatic heterocycles. The summed E-state index contributed by atoms with van der Waals surface area (Å²) < 4.78 is 24.3. The number of aliphatic hydroxyl groups excluding tert-OH is 1. The van der Waals surface area contributed by atoms with Crippen LogP contribution in [0.15, 0.2) is 24.3 Å². The lowest BCUT2D eigenvalue weighted by atomic mass is 10.0. The van der Waals surface area contributed by atoms with Crippen LogP contribution in [0.2, 0.25) is 0 Å². The molecule has 0 aliphatic carbocycles. The first-order valence-electron chi connectivity index (χ1n) is 9.13. The molecule has 1 heterocycles. The predicted octanol–water partition coefficient (Wildman–Crippen LogP) is 2.02. The molecule has 6 heteroatoms. The second kappa shape index (κ2) is 9.46. The second-order valence-electron chi connectivity index (χ2n) is 6.90. The highest BCUT2D eigenvalue weighted by molar-refractivity contribution is 7.90. The number of rotatable bonds is 10. The van der Waals surface area contributed by atoms with Gasteiger partial charge in [0.25, 0.3) is 0 Å². The molecule has 25 heavy (non-hydrogen) atoms. The van der Waals surface area contributed by atoms with E-state index in [1.54, 1.807) is 24.3 Å². The van der Waals surface area contributed by atoms with E-state index in [0.29, 0.717) is 13.0 Å². The first kappa shape index (κ1) is 20.1. The first-order valence-corrected chi connectivity index (χ1v) is 11.0. The molecule has 1 aliphatic heterocycles. The average Bonchev–Trinajstić information content (AvgIpc) is 2.99. The number of unbranched alkanes of at least 4 members (excludes halogenated alkanes) is 3. The van der Waals surface area contributed by atoms with Gasteiger partial charge in [-0.1, -0.05) is 50.5 Å². The highest BCUT2D eigenvalue weighted by Gasteiger charge is 2.30. The van der Waals surface area contributed by atoms with Gasteiger partial charge in [0.1, 0.15) is 0 Å². The highest BCUT2D eigenvalue weighted by Crippen LogP contribution is 2.14. The second-order valence-corrected chi connectivity index (χ2v) is 9.08. The Hall–Kier alpha value is -1.24. The third-order valence-electron chi connectivity index (χ3n) is 4.63. The van der Waals surface area contributed by atoms with E-state index < -0.39 is 22.0 Å². The fraction of sp³-hybridized carbons (Fsp3) is 0.632. The maximum atomic E-state index is 12.2. The van der Waals surface area contributed by atoms with Crippen molar-refractivity contribution in [3.8, 4) is 0 Å². The molecule has 0 bridgehead atoms. The Bertz CT molecular complexity index is 655. The number of hydrogen-bond donors (Lipinski definition) is 2. The van der Waals surface area contributed by atoms with Crippen LogP contribution in [0.4, 0.5) is 0 Å². The molecule has 2 N–H and O–H groups in total. The molecule has 140 valence electrons. The predicted molar refractivity (Wildman–Crippen MR) is 99.2 cm³/mol. The van der Waals surface area contributed by atoms with Crippen molar-refractivity contribution in [3.05, 3.63) is 35.4 Å².